The van der Waals surface area contributed by atoms with Gasteiger partial charge in [-0.3, -0.25) is 4.84 Å². The van der Waals surface area contributed by atoms with Gasteiger partial charge in [-0.05, 0) is 6.92 Å². The summed E-state index contributed by atoms with van der Waals surface area (Å²) in [5.41, 5.74) is 1.92. The summed E-state index contributed by atoms with van der Waals surface area (Å²) in [7, 11) is 0. The smallest absolute Gasteiger partial charge is 0.102 e. The zero-order chi connectivity index (χ0) is 5.33. The van der Waals surface area contributed by atoms with Crippen LogP contribution in [0.2, 0.25) is 0 Å². The molecule has 0 aromatic heterocycles. The predicted octanol–water partition coefficient (Wildman–Crippen LogP) is -0.728. The molecule has 0 spiro atoms. The van der Waals surface area contributed by atoms with E-state index in [4.69, 9.17) is 5.11 Å². The van der Waals surface area contributed by atoms with Crippen molar-refractivity contribution < 1.29 is 9.94 Å². The van der Waals surface area contributed by atoms with E-state index in [2.05, 4.69) is 10.3 Å². The van der Waals surface area contributed by atoms with E-state index in [0.29, 0.717) is 13.2 Å². The van der Waals surface area contributed by atoms with Gasteiger partial charge < -0.3 is 5.11 Å². The highest BCUT2D eigenvalue weighted by Gasteiger charge is 2.25. The second-order valence-corrected chi connectivity index (χ2v) is 2.11. The minimum atomic E-state index is -0.639. The lowest BCUT2D eigenvalue weighted by atomic mass is 10.1. The molecular weight excluding hydrogens is 94.0 g/mol. The highest BCUT2D eigenvalue weighted by molar-refractivity contribution is 4.76. The maximum atomic E-state index is 9.01. The molecule has 1 heterocycles. The van der Waals surface area contributed by atoms with E-state index >= 15 is 0 Å². The standard InChI is InChI=1S/C4H9NO2/c1-4(6)2-5-7-3-4/h5-6H,2-3H2,1H3. The van der Waals surface area contributed by atoms with Crippen LogP contribution < -0.4 is 5.48 Å². The normalized spacial score (nSPS) is 42.0. The molecule has 0 radical (unpaired) electrons. The molecule has 1 atom stereocenters. The third-order valence-corrected chi connectivity index (χ3v) is 0.938. The Hall–Kier alpha value is -0.120. The van der Waals surface area contributed by atoms with Gasteiger partial charge in [-0.15, -0.1) is 0 Å². The van der Waals surface area contributed by atoms with Crippen molar-refractivity contribution in [2.24, 2.45) is 0 Å². The summed E-state index contributed by atoms with van der Waals surface area (Å²) in [6.45, 7) is 2.66. The molecule has 3 nitrogen and oxygen atoms in total. The van der Waals surface area contributed by atoms with Crippen LogP contribution in [0.15, 0.2) is 0 Å². The number of nitrogens with one attached hydrogen (secondary N) is 1. The molecule has 2 N–H and O–H groups in total. The van der Waals surface area contributed by atoms with Gasteiger partial charge in [0, 0.05) is 0 Å². The van der Waals surface area contributed by atoms with Crippen LogP contribution in [0.4, 0.5) is 0 Å². The number of rotatable bonds is 0. The Kier molecular flexibility index (Phi) is 1.03. The summed E-state index contributed by atoms with van der Waals surface area (Å²) in [6, 6.07) is 0. The van der Waals surface area contributed by atoms with E-state index in [1.165, 1.54) is 0 Å². The number of hydrogen-bond donors (Lipinski definition) is 2. The summed E-state index contributed by atoms with van der Waals surface area (Å²) in [5.74, 6) is 0. The Labute approximate surface area is 42.2 Å². The zero-order valence-electron chi connectivity index (χ0n) is 4.27. The third-order valence-electron chi connectivity index (χ3n) is 0.938. The molecular formula is C4H9NO2. The quantitative estimate of drug-likeness (QED) is 0.425. The summed E-state index contributed by atoms with van der Waals surface area (Å²) < 4.78 is 0. The van der Waals surface area contributed by atoms with Crippen LogP contribution in [-0.2, 0) is 4.84 Å². The van der Waals surface area contributed by atoms with Crippen molar-refractivity contribution in [2.45, 2.75) is 12.5 Å². The minimum absolute atomic E-state index is 0.396. The zero-order valence-corrected chi connectivity index (χ0v) is 4.27. The van der Waals surface area contributed by atoms with Gasteiger partial charge in [-0.2, -0.15) is 5.48 Å². The van der Waals surface area contributed by atoms with E-state index in [1.54, 1.807) is 6.92 Å². The van der Waals surface area contributed by atoms with E-state index in [0.717, 1.165) is 0 Å². The first-order valence-corrected chi connectivity index (χ1v) is 2.28. The van der Waals surface area contributed by atoms with Crippen LogP contribution in [-0.4, -0.2) is 23.9 Å². The first kappa shape index (κ1) is 5.03. The highest BCUT2D eigenvalue weighted by atomic mass is 16.7. The van der Waals surface area contributed by atoms with Crippen molar-refractivity contribution in [3.8, 4) is 0 Å². The van der Waals surface area contributed by atoms with Crippen LogP contribution in [0.1, 0.15) is 6.92 Å². The Morgan fingerprint density at radius 1 is 1.86 bits per heavy atom. The second-order valence-electron chi connectivity index (χ2n) is 2.11. The Bertz CT molecular complexity index is 64.1. The van der Waals surface area contributed by atoms with Gasteiger partial charge in [-0.25, -0.2) is 0 Å². The van der Waals surface area contributed by atoms with Crippen molar-refractivity contribution in [1.29, 1.82) is 0 Å². The number of β-amino-alcohol motifs (C(OH)–C–C–N with tert-alkyl or cyclic N) is 1. The average Bonchev–Trinajstić information content (AvgIpc) is 1.84. The monoisotopic (exact) mass is 103 g/mol. The lowest BCUT2D eigenvalue weighted by molar-refractivity contribution is 0.0343. The fraction of sp³-hybridized carbons (Fsp3) is 1.00. The lowest BCUT2D eigenvalue weighted by Crippen LogP contribution is -2.29. The molecule has 1 aliphatic heterocycles. The molecule has 0 aromatic carbocycles. The molecule has 3 heteroatoms. The van der Waals surface area contributed by atoms with Gasteiger partial charge in [0.1, 0.15) is 5.60 Å². The number of aliphatic hydroxyl groups is 1. The first-order valence-electron chi connectivity index (χ1n) is 2.28. The largest absolute Gasteiger partial charge is 0.386 e. The topological polar surface area (TPSA) is 41.5 Å². The van der Waals surface area contributed by atoms with E-state index < -0.39 is 5.60 Å². The second kappa shape index (κ2) is 1.43. The Balaban J connectivity index is 2.40. The molecule has 1 rings (SSSR count). The Morgan fingerprint density at radius 2 is 2.57 bits per heavy atom. The number of hydrogen-bond acceptors (Lipinski definition) is 3. The van der Waals surface area contributed by atoms with Crippen molar-refractivity contribution in [2.75, 3.05) is 13.2 Å². The molecule has 1 aliphatic rings. The van der Waals surface area contributed by atoms with E-state index in [-0.39, 0.29) is 0 Å². The molecule has 1 fully saturated rings. The molecule has 0 bridgehead atoms. The van der Waals surface area contributed by atoms with Gasteiger partial charge in [0.05, 0.1) is 13.2 Å². The van der Waals surface area contributed by atoms with Crippen LogP contribution in [0.5, 0.6) is 0 Å². The van der Waals surface area contributed by atoms with Crippen LogP contribution in [0, 0.1) is 0 Å². The maximum Gasteiger partial charge on any atom is 0.102 e. The van der Waals surface area contributed by atoms with Gasteiger partial charge in [0.2, 0.25) is 0 Å². The summed E-state index contributed by atoms with van der Waals surface area (Å²) >= 11 is 0. The van der Waals surface area contributed by atoms with Gasteiger partial charge >= 0.3 is 0 Å². The predicted molar refractivity (Wildman–Crippen MR) is 24.6 cm³/mol. The van der Waals surface area contributed by atoms with E-state index in [9.17, 15) is 0 Å². The van der Waals surface area contributed by atoms with Crippen molar-refractivity contribution in [3.05, 3.63) is 0 Å². The number of hydroxylamine groups is 1. The average molecular weight is 103 g/mol. The fourth-order valence-electron chi connectivity index (χ4n) is 0.464. The molecule has 7 heavy (non-hydrogen) atoms. The lowest BCUT2D eigenvalue weighted by Gasteiger charge is -2.08. The van der Waals surface area contributed by atoms with Crippen LogP contribution >= 0.6 is 0 Å². The molecule has 0 aromatic rings. The van der Waals surface area contributed by atoms with Crippen molar-refractivity contribution >= 4 is 0 Å². The van der Waals surface area contributed by atoms with Gasteiger partial charge in [0.15, 0.2) is 0 Å². The van der Waals surface area contributed by atoms with E-state index in [1.807, 2.05) is 0 Å². The molecule has 42 valence electrons. The maximum absolute atomic E-state index is 9.01. The first-order chi connectivity index (χ1) is 3.21. The molecule has 1 saturated heterocycles. The highest BCUT2D eigenvalue weighted by Crippen LogP contribution is 2.05. The van der Waals surface area contributed by atoms with Crippen molar-refractivity contribution in [3.63, 3.8) is 0 Å². The van der Waals surface area contributed by atoms with Crippen LogP contribution in [0.25, 0.3) is 0 Å². The third kappa shape index (κ3) is 1.12. The minimum Gasteiger partial charge on any atom is -0.386 e. The van der Waals surface area contributed by atoms with Crippen LogP contribution in [0.3, 0.4) is 0 Å². The summed E-state index contributed by atoms with van der Waals surface area (Å²) in [6.07, 6.45) is 0. The Morgan fingerprint density at radius 3 is 2.71 bits per heavy atom. The molecule has 1 unspecified atom stereocenters. The van der Waals surface area contributed by atoms with Gasteiger partial charge in [-0.1, -0.05) is 0 Å². The van der Waals surface area contributed by atoms with Gasteiger partial charge in [0.25, 0.3) is 0 Å². The summed E-state index contributed by atoms with van der Waals surface area (Å²) in [5, 5.41) is 9.01. The SMILES string of the molecule is CC1(O)CNOC1. The molecule has 0 aliphatic carbocycles. The molecule has 0 amide bonds. The summed E-state index contributed by atoms with van der Waals surface area (Å²) in [4.78, 5) is 4.66. The fourth-order valence-corrected chi connectivity index (χ4v) is 0.464. The molecule has 0 saturated carbocycles. The van der Waals surface area contributed by atoms with Crippen molar-refractivity contribution in [1.82, 2.24) is 5.48 Å².